The van der Waals surface area contributed by atoms with Crippen molar-refractivity contribution >= 4 is 11.6 Å². The molecular weight excluding hydrogens is 390 g/mol. The van der Waals surface area contributed by atoms with Gasteiger partial charge in [0.05, 0.1) is 11.1 Å². The molecule has 6 heteroatoms. The normalized spacial score (nSPS) is 11.7. The summed E-state index contributed by atoms with van der Waals surface area (Å²) in [6.45, 7) is 0. The Morgan fingerprint density at radius 3 is 1.38 bits per heavy atom. The van der Waals surface area contributed by atoms with Crippen molar-refractivity contribution in [3.05, 3.63) is 112 Å². The first kappa shape index (κ1) is 20.5. The third-order valence-electron chi connectivity index (χ3n) is 4.18. The number of halogens is 6. The Labute approximate surface area is 163 Å². The Morgan fingerprint density at radius 2 is 1.00 bits per heavy atom. The van der Waals surface area contributed by atoms with Gasteiger partial charge in [-0.05, 0) is 47.0 Å². The highest BCUT2D eigenvalue weighted by Crippen LogP contribution is 2.33. The molecule has 0 atom stereocenters. The molecule has 0 unspecified atom stereocenters. The van der Waals surface area contributed by atoms with E-state index < -0.39 is 23.5 Å². The summed E-state index contributed by atoms with van der Waals surface area (Å²) in [5, 5.41) is 0. The van der Waals surface area contributed by atoms with Crippen molar-refractivity contribution in [1.82, 2.24) is 0 Å². The van der Waals surface area contributed by atoms with Crippen LogP contribution in [0.4, 0.5) is 26.3 Å². The summed E-state index contributed by atoms with van der Waals surface area (Å²) in [6.07, 6.45) is -7.32. The molecule has 0 spiro atoms. The SMILES string of the molecule is FC(F)(F)c1ccc(C(=C=Cc2ccccc2)c2ccc(C(F)(F)F)cc2)cc1. The molecule has 29 heavy (non-hydrogen) atoms. The molecular formula is C23H14F6. The van der Waals surface area contributed by atoms with Gasteiger partial charge in [-0.25, -0.2) is 0 Å². The van der Waals surface area contributed by atoms with Crippen molar-refractivity contribution in [3.8, 4) is 0 Å². The van der Waals surface area contributed by atoms with E-state index in [2.05, 4.69) is 5.73 Å². The minimum atomic E-state index is -4.48. The van der Waals surface area contributed by atoms with Crippen LogP contribution in [0.3, 0.4) is 0 Å². The molecule has 0 aromatic heterocycles. The summed E-state index contributed by atoms with van der Waals surface area (Å²) in [7, 11) is 0. The lowest BCUT2D eigenvalue weighted by molar-refractivity contribution is -0.138. The maximum atomic E-state index is 12.8. The molecule has 0 aliphatic heterocycles. The van der Waals surface area contributed by atoms with E-state index in [0.717, 1.165) is 29.8 Å². The first-order valence-corrected chi connectivity index (χ1v) is 8.51. The number of benzene rings is 3. The Balaban J connectivity index is 2.09. The second-order valence-electron chi connectivity index (χ2n) is 6.22. The van der Waals surface area contributed by atoms with E-state index in [4.69, 9.17) is 0 Å². The zero-order chi connectivity index (χ0) is 21.1. The second-order valence-corrected chi connectivity index (χ2v) is 6.22. The van der Waals surface area contributed by atoms with Gasteiger partial charge in [-0.15, -0.1) is 5.73 Å². The van der Waals surface area contributed by atoms with E-state index in [1.54, 1.807) is 6.08 Å². The van der Waals surface area contributed by atoms with Gasteiger partial charge in [0.2, 0.25) is 0 Å². The van der Waals surface area contributed by atoms with Crippen LogP contribution < -0.4 is 0 Å². The second kappa shape index (κ2) is 8.02. The van der Waals surface area contributed by atoms with E-state index in [9.17, 15) is 26.3 Å². The Hall–Kier alpha value is -3.24. The van der Waals surface area contributed by atoms with Crippen LogP contribution in [0.15, 0.2) is 84.6 Å². The van der Waals surface area contributed by atoms with Gasteiger partial charge < -0.3 is 0 Å². The zero-order valence-corrected chi connectivity index (χ0v) is 14.9. The molecule has 0 saturated heterocycles. The van der Waals surface area contributed by atoms with Gasteiger partial charge >= 0.3 is 12.4 Å². The summed E-state index contributed by atoms with van der Waals surface area (Å²) in [4.78, 5) is 0. The quantitative estimate of drug-likeness (QED) is 0.314. The van der Waals surface area contributed by atoms with E-state index in [-0.39, 0.29) is 0 Å². The molecule has 3 aromatic carbocycles. The summed E-state index contributed by atoms with van der Waals surface area (Å²) in [5.41, 5.74) is 3.40. The topological polar surface area (TPSA) is 0 Å². The number of hydrogen-bond acceptors (Lipinski definition) is 0. The average molecular weight is 404 g/mol. The van der Waals surface area contributed by atoms with Crippen LogP contribution in [0.25, 0.3) is 11.6 Å². The highest BCUT2D eigenvalue weighted by atomic mass is 19.4. The number of alkyl halides is 6. The lowest BCUT2D eigenvalue weighted by Gasteiger charge is -2.11. The smallest absolute Gasteiger partial charge is 0.166 e. The van der Waals surface area contributed by atoms with Gasteiger partial charge in [0.25, 0.3) is 0 Å². The van der Waals surface area contributed by atoms with Gasteiger partial charge in [0.15, 0.2) is 0 Å². The Morgan fingerprint density at radius 1 is 0.586 bits per heavy atom. The van der Waals surface area contributed by atoms with E-state index >= 15 is 0 Å². The molecule has 0 N–H and O–H groups in total. The fourth-order valence-electron chi connectivity index (χ4n) is 2.69. The molecule has 0 radical (unpaired) electrons. The maximum absolute atomic E-state index is 12.8. The number of rotatable bonds is 3. The highest BCUT2D eigenvalue weighted by Gasteiger charge is 2.31. The van der Waals surface area contributed by atoms with Crippen LogP contribution in [-0.2, 0) is 12.4 Å². The van der Waals surface area contributed by atoms with E-state index in [1.165, 1.54) is 24.3 Å². The largest absolute Gasteiger partial charge is 0.416 e. The van der Waals surface area contributed by atoms with Crippen LogP contribution >= 0.6 is 0 Å². The average Bonchev–Trinajstić information content (AvgIpc) is 2.68. The molecule has 0 aliphatic rings. The summed E-state index contributed by atoms with van der Waals surface area (Å²) >= 11 is 0. The summed E-state index contributed by atoms with van der Waals surface area (Å²) in [6, 6.07) is 17.9. The zero-order valence-electron chi connectivity index (χ0n) is 14.9. The summed E-state index contributed by atoms with van der Waals surface area (Å²) < 4.78 is 77.0. The number of hydrogen-bond donors (Lipinski definition) is 0. The fourth-order valence-corrected chi connectivity index (χ4v) is 2.69. The highest BCUT2D eigenvalue weighted by molar-refractivity contribution is 5.81. The van der Waals surface area contributed by atoms with Crippen molar-refractivity contribution in [2.45, 2.75) is 12.4 Å². The van der Waals surface area contributed by atoms with Crippen molar-refractivity contribution in [2.75, 3.05) is 0 Å². The first-order chi connectivity index (χ1) is 13.6. The monoisotopic (exact) mass is 404 g/mol. The van der Waals surface area contributed by atoms with Gasteiger partial charge in [0.1, 0.15) is 0 Å². The molecule has 0 heterocycles. The molecule has 148 valence electrons. The van der Waals surface area contributed by atoms with Crippen molar-refractivity contribution in [1.29, 1.82) is 0 Å². The van der Waals surface area contributed by atoms with Gasteiger partial charge in [-0.2, -0.15) is 26.3 Å². The maximum Gasteiger partial charge on any atom is 0.416 e. The predicted molar refractivity (Wildman–Crippen MR) is 99.8 cm³/mol. The summed E-state index contributed by atoms with van der Waals surface area (Å²) in [5.74, 6) is 0. The van der Waals surface area contributed by atoms with Crippen molar-refractivity contribution in [3.63, 3.8) is 0 Å². The molecule has 0 saturated carbocycles. The van der Waals surface area contributed by atoms with Gasteiger partial charge in [-0.1, -0.05) is 54.6 Å². The third-order valence-corrected chi connectivity index (χ3v) is 4.18. The van der Waals surface area contributed by atoms with E-state index in [1.807, 2.05) is 30.3 Å². The molecule has 0 bridgehead atoms. The van der Waals surface area contributed by atoms with Crippen molar-refractivity contribution in [2.24, 2.45) is 0 Å². The molecule has 0 amide bonds. The van der Waals surface area contributed by atoms with Crippen LogP contribution in [-0.4, -0.2) is 0 Å². The molecule has 3 aromatic rings. The van der Waals surface area contributed by atoms with Crippen LogP contribution in [0.5, 0.6) is 0 Å². The molecule has 3 rings (SSSR count). The first-order valence-electron chi connectivity index (χ1n) is 8.51. The fraction of sp³-hybridized carbons (Fsp3) is 0.0870. The predicted octanol–water partition coefficient (Wildman–Crippen LogP) is 7.47. The Kier molecular flexibility index (Phi) is 5.66. The lowest BCUT2D eigenvalue weighted by Crippen LogP contribution is -2.05. The van der Waals surface area contributed by atoms with Crippen LogP contribution in [0.1, 0.15) is 27.8 Å². The minimum Gasteiger partial charge on any atom is -0.166 e. The Bertz CT molecular complexity index is 958. The van der Waals surface area contributed by atoms with Gasteiger partial charge in [-0.3, -0.25) is 0 Å². The minimum absolute atomic E-state index is 0.385. The van der Waals surface area contributed by atoms with Gasteiger partial charge in [0, 0.05) is 5.57 Å². The van der Waals surface area contributed by atoms with E-state index in [0.29, 0.717) is 16.7 Å². The third kappa shape index (κ3) is 5.18. The molecule has 0 aliphatic carbocycles. The molecule has 0 fully saturated rings. The van der Waals surface area contributed by atoms with Crippen molar-refractivity contribution < 1.29 is 26.3 Å². The van der Waals surface area contributed by atoms with Crippen LogP contribution in [0.2, 0.25) is 0 Å². The molecule has 0 nitrogen and oxygen atoms in total. The standard InChI is InChI=1S/C23H14F6/c24-22(25,26)19-11-7-17(8-12-19)21(15-6-16-4-2-1-3-5-16)18-9-13-20(14-10-18)23(27,28)29/h1-14H. The lowest BCUT2D eigenvalue weighted by atomic mass is 9.96. The van der Waals surface area contributed by atoms with Crippen LogP contribution in [0, 0.1) is 0 Å².